The number of rotatable bonds is 6. The second kappa shape index (κ2) is 8.67. The quantitative estimate of drug-likeness (QED) is 0.605. The molecule has 166 valence electrons. The van der Waals surface area contributed by atoms with Crippen LogP contribution in [0.25, 0.3) is 0 Å². The Morgan fingerprint density at radius 2 is 1.72 bits per heavy atom. The van der Waals surface area contributed by atoms with Crippen molar-refractivity contribution in [2.45, 2.75) is 32.1 Å². The van der Waals surface area contributed by atoms with E-state index in [-0.39, 0.29) is 17.4 Å². The number of hydrogen-bond acceptors (Lipinski definition) is 4. The number of nitrogens with zero attached hydrogens (tertiary/aromatic N) is 1. The highest BCUT2D eigenvalue weighted by Gasteiger charge is 2.30. The zero-order chi connectivity index (χ0) is 22.9. The number of nitrogens with one attached hydrogen (secondary N) is 1. The first-order valence-electron chi connectivity index (χ1n) is 10.5. The summed E-state index contributed by atoms with van der Waals surface area (Å²) in [6.07, 6.45) is 0.700. The van der Waals surface area contributed by atoms with Gasteiger partial charge in [-0.1, -0.05) is 24.3 Å². The van der Waals surface area contributed by atoms with Gasteiger partial charge in [0.2, 0.25) is 0 Å². The number of aryl methyl sites for hydroxylation is 3. The minimum Gasteiger partial charge on any atom is -0.483 e. The maximum Gasteiger partial charge on any atom is 0.264 e. The second-order valence-corrected chi connectivity index (χ2v) is 9.96. The van der Waals surface area contributed by atoms with Gasteiger partial charge < -0.3 is 10.1 Å². The Labute approximate surface area is 188 Å². The van der Waals surface area contributed by atoms with Crippen molar-refractivity contribution in [3.8, 4) is 5.75 Å². The van der Waals surface area contributed by atoms with Gasteiger partial charge in [0.1, 0.15) is 5.75 Å². The fourth-order valence-electron chi connectivity index (χ4n) is 4.02. The standard InChI is InChI=1S/C25H26N2O4S/c1-17-12-18(2)14-21(13-17)26-25(28)16-31-24-9-8-22(15-19(24)3)32(29,30)27-11-10-20-6-4-5-7-23(20)27/h4-9,12-15H,10-11,16H2,1-3H3,(H,26,28). The van der Waals surface area contributed by atoms with E-state index in [0.29, 0.717) is 24.3 Å². The molecule has 0 saturated carbocycles. The second-order valence-electron chi connectivity index (χ2n) is 8.10. The lowest BCUT2D eigenvalue weighted by atomic mass is 10.1. The highest BCUT2D eigenvalue weighted by Crippen LogP contribution is 2.33. The molecule has 0 aromatic heterocycles. The van der Waals surface area contributed by atoms with Gasteiger partial charge in [0.25, 0.3) is 15.9 Å². The van der Waals surface area contributed by atoms with Crippen molar-refractivity contribution in [1.29, 1.82) is 0 Å². The van der Waals surface area contributed by atoms with Crippen LogP contribution in [0.1, 0.15) is 22.3 Å². The molecular formula is C25H26N2O4S. The Morgan fingerprint density at radius 3 is 2.44 bits per heavy atom. The first-order valence-corrected chi connectivity index (χ1v) is 11.9. The van der Waals surface area contributed by atoms with Crippen LogP contribution in [0.5, 0.6) is 5.75 Å². The lowest BCUT2D eigenvalue weighted by molar-refractivity contribution is -0.118. The topological polar surface area (TPSA) is 75.7 Å². The average Bonchev–Trinajstić information content (AvgIpc) is 3.17. The van der Waals surface area contributed by atoms with Crippen molar-refractivity contribution in [3.05, 3.63) is 82.9 Å². The largest absolute Gasteiger partial charge is 0.483 e. The van der Waals surface area contributed by atoms with Crippen LogP contribution in [-0.4, -0.2) is 27.5 Å². The number of carbonyl (C=O) groups is 1. The molecule has 0 radical (unpaired) electrons. The molecule has 0 atom stereocenters. The van der Waals surface area contributed by atoms with E-state index in [9.17, 15) is 13.2 Å². The number of fused-ring (bicyclic) bond motifs is 1. The first-order chi connectivity index (χ1) is 15.2. The minimum atomic E-state index is -3.67. The van der Waals surface area contributed by atoms with Crippen LogP contribution in [0.2, 0.25) is 0 Å². The zero-order valence-electron chi connectivity index (χ0n) is 18.4. The molecule has 0 saturated heterocycles. The van der Waals surface area contributed by atoms with Gasteiger partial charge in [-0.15, -0.1) is 0 Å². The molecule has 1 heterocycles. The maximum absolute atomic E-state index is 13.2. The van der Waals surface area contributed by atoms with Crippen LogP contribution in [0.3, 0.4) is 0 Å². The van der Waals surface area contributed by atoms with Crippen molar-refractivity contribution in [3.63, 3.8) is 0 Å². The molecule has 0 bridgehead atoms. The summed E-state index contributed by atoms with van der Waals surface area (Å²) in [5.41, 5.74) is 5.26. The SMILES string of the molecule is Cc1cc(C)cc(NC(=O)COc2ccc(S(=O)(=O)N3CCc4ccccc43)cc2C)c1. The number of sulfonamides is 1. The number of anilines is 2. The summed E-state index contributed by atoms with van der Waals surface area (Å²) in [5, 5.41) is 2.83. The van der Waals surface area contributed by atoms with Crippen LogP contribution < -0.4 is 14.4 Å². The average molecular weight is 451 g/mol. The molecule has 0 aliphatic carbocycles. The Balaban J connectivity index is 1.45. The number of hydrogen-bond donors (Lipinski definition) is 1. The van der Waals surface area contributed by atoms with Gasteiger partial charge in [0.05, 0.1) is 10.6 Å². The van der Waals surface area contributed by atoms with Crippen molar-refractivity contribution >= 4 is 27.3 Å². The van der Waals surface area contributed by atoms with Gasteiger partial charge in [-0.2, -0.15) is 0 Å². The molecule has 6 nitrogen and oxygen atoms in total. The third-order valence-electron chi connectivity index (χ3n) is 5.44. The smallest absolute Gasteiger partial charge is 0.264 e. The minimum absolute atomic E-state index is 0.167. The molecule has 3 aromatic rings. The van der Waals surface area contributed by atoms with E-state index in [1.165, 1.54) is 10.4 Å². The third kappa shape index (κ3) is 4.48. The summed E-state index contributed by atoms with van der Waals surface area (Å²) in [7, 11) is -3.67. The Bertz CT molecular complexity index is 1260. The highest BCUT2D eigenvalue weighted by atomic mass is 32.2. The Kier molecular flexibility index (Phi) is 5.93. The van der Waals surface area contributed by atoms with Gasteiger partial charge in [0, 0.05) is 12.2 Å². The summed E-state index contributed by atoms with van der Waals surface area (Å²) in [5.74, 6) is 0.195. The molecule has 1 amide bonds. The summed E-state index contributed by atoms with van der Waals surface area (Å²) >= 11 is 0. The molecular weight excluding hydrogens is 424 g/mol. The predicted octanol–water partition coefficient (Wildman–Crippen LogP) is 4.38. The molecule has 7 heteroatoms. The van der Waals surface area contributed by atoms with E-state index < -0.39 is 10.0 Å². The monoisotopic (exact) mass is 450 g/mol. The van der Waals surface area contributed by atoms with E-state index in [4.69, 9.17) is 4.74 Å². The molecule has 32 heavy (non-hydrogen) atoms. The van der Waals surface area contributed by atoms with Crippen LogP contribution in [-0.2, 0) is 21.2 Å². The molecule has 1 aliphatic rings. The summed E-state index contributed by atoms with van der Waals surface area (Å²) < 4.78 is 33.5. The van der Waals surface area contributed by atoms with Gasteiger partial charge in [-0.25, -0.2) is 8.42 Å². The van der Waals surface area contributed by atoms with E-state index in [0.717, 1.165) is 28.1 Å². The Hall–Kier alpha value is -3.32. The number of benzene rings is 3. The van der Waals surface area contributed by atoms with Gasteiger partial charge >= 0.3 is 0 Å². The molecule has 1 N–H and O–H groups in total. The van der Waals surface area contributed by atoms with Crippen LogP contribution in [0.4, 0.5) is 11.4 Å². The van der Waals surface area contributed by atoms with Crippen LogP contribution >= 0.6 is 0 Å². The van der Waals surface area contributed by atoms with E-state index in [1.807, 2.05) is 56.3 Å². The van der Waals surface area contributed by atoms with Crippen molar-refractivity contribution in [2.75, 3.05) is 22.8 Å². The van der Waals surface area contributed by atoms with E-state index >= 15 is 0 Å². The number of amides is 1. The number of para-hydroxylation sites is 1. The van der Waals surface area contributed by atoms with Crippen LogP contribution in [0.15, 0.2) is 65.6 Å². The fourth-order valence-corrected chi connectivity index (χ4v) is 5.61. The van der Waals surface area contributed by atoms with Gasteiger partial charge in [-0.05, 0) is 85.8 Å². The molecule has 0 fully saturated rings. The van der Waals surface area contributed by atoms with Gasteiger partial charge in [0.15, 0.2) is 6.61 Å². The molecule has 0 spiro atoms. The number of ether oxygens (including phenoxy) is 1. The molecule has 4 rings (SSSR count). The normalized spacial score (nSPS) is 13.0. The van der Waals surface area contributed by atoms with E-state index in [2.05, 4.69) is 5.32 Å². The predicted molar refractivity (Wildman–Crippen MR) is 126 cm³/mol. The van der Waals surface area contributed by atoms with Crippen molar-refractivity contribution in [2.24, 2.45) is 0 Å². The van der Waals surface area contributed by atoms with E-state index in [1.54, 1.807) is 19.1 Å². The Morgan fingerprint density at radius 1 is 1.00 bits per heavy atom. The highest BCUT2D eigenvalue weighted by molar-refractivity contribution is 7.92. The van der Waals surface area contributed by atoms with Crippen LogP contribution in [0, 0.1) is 20.8 Å². The number of carbonyl (C=O) groups excluding carboxylic acids is 1. The van der Waals surface area contributed by atoms with Crippen molar-refractivity contribution < 1.29 is 17.9 Å². The maximum atomic E-state index is 13.2. The summed E-state index contributed by atoms with van der Waals surface area (Å²) in [4.78, 5) is 12.5. The summed E-state index contributed by atoms with van der Waals surface area (Å²) in [6, 6.07) is 18.1. The van der Waals surface area contributed by atoms with Gasteiger partial charge in [-0.3, -0.25) is 9.10 Å². The first kappa shape index (κ1) is 21.9. The zero-order valence-corrected chi connectivity index (χ0v) is 19.2. The molecule has 3 aromatic carbocycles. The summed E-state index contributed by atoms with van der Waals surface area (Å²) in [6.45, 7) is 5.98. The fraction of sp³-hybridized carbons (Fsp3) is 0.240. The lowest BCUT2D eigenvalue weighted by Crippen LogP contribution is -2.29. The molecule has 0 unspecified atom stereocenters. The molecule has 1 aliphatic heterocycles. The third-order valence-corrected chi connectivity index (χ3v) is 7.25. The van der Waals surface area contributed by atoms with Crippen molar-refractivity contribution in [1.82, 2.24) is 0 Å². The lowest BCUT2D eigenvalue weighted by Gasteiger charge is -2.20.